The Kier molecular flexibility index (Phi) is 4.29. The van der Waals surface area contributed by atoms with Crippen molar-refractivity contribution < 1.29 is 8.42 Å². The van der Waals surface area contributed by atoms with Gasteiger partial charge < -0.3 is 4.98 Å². The molecule has 0 aliphatic carbocycles. The summed E-state index contributed by atoms with van der Waals surface area (Å²) in [6.45, 7) is 0.563. The number of nitrogens with zero attached hydrogens (tertiary/aromatic N) is 2. The van der Waals surface area contributed by atoms with Crippen LogP contribution in [0, 0.1) is 0 Å². The molecule has 2 aromatic heterocycles. The van der Waals surface area contributed by atoms with Gasteiger partial charge in [-0.2, -0.15) is 4.31 Å². The largest absolute Gasteiger partial charge is 0.329 e. The van der Waals surface area contributed by atoms with Crippen molar-refractivity contribution in [3.05, 3.63) is 62.6 Å². The van der Waals surface area contributed by atoms with Gasteiger partial charge in [-0.05, 0) is 36.4 Å². The van der Waals surface area contributed by atoms with Crippen LogP contribution in [0.3, 0.4) is 0 Å². The molecule has 0 amide bonds. The predicted molar refractivity (Wildman–Crippen MR) is 100 cm³/mol. The number of nitrogens with one attached hydrogen (secondary N) is 1. The molecule has 136 valence electrons. The van der Waals surface area contributed by atoms with E-state index in [1.807, 2.05) is 0 Å². The zero-order chi connectivity index (χ0) is 18.3. The molecule has 26 heavy (non-hydrogen) atoms. The second-order valence-electron chi connectivity index (χ2n) is 6.22. The van der Waals surface area contributed by atoms with E-state index in [-0.39, 0.29) is 24.7 Å². The fraction of sp³-hybridized carbons (Fsp3) is 0.294. The van der Waals surface area contributed by atoms with E-state index >= 15 is 0 Å². The number of rotatable bonds is 3. The van der Waals surface area contributed by atoms with Gasteiger partial charge in [0, 0.05) is 19.1 Å². The highest BCUT2D eigenvalue weighted by atomic mass is 32.2. The Bertz CT molecular complexity index is 1150. The second kappa shape index (κ2) is 6.49. The number of benzene rings is 1. The summed E-state index contributed by atoms with van der Waals surface area (Å²) in [5, 5.41) is 2.19. The molecule has 3 aromatic rings. The topological polar surface area (TPSA) is 92.2 Å². The highest BCUT2D eigenvalue weighted by molar-refractivity contribution is 7.91. The summed E-state index contributed by atoms with van der Waals surface area (Å²) in [5.41, 5.74) is -0.270. The molecule has 9 heteroatoms. The standard InChI is InChI=1S/C17H17N3O4S2/c21-16-13-4-1-2-5-14(13)18-17(22)20(16)12-7-9-19(10-8-12)26(23,24)15-6-3-11-25-15/h1-6,11-12H,7-10H2,(H,18,22). The molecule has 0 spiro atoms. The molecular formula is C17H17N3O4S2. The average Bonchev–Trinajstić information content (AvgIpc) is 3.18. The number of piperidine rings is 1. The van der Waals surface area contributed by atoms with Crippen LogP contribution in [-0.2, 0) is 10.0 Å². The molecule has 1 saturated heterocycles. The zero-order valence-corrected chi connectivity index (χ0v) is 15.4. The van der Waals surface area contributed by atoms with Gasteiger partial charge in [-0.15, -0.1) is 11.3 Å². The highest BCUT2D eigenvalue weighted by Crippen LogP contribution is 2.27. The summed E-state index contributed by atoms with van der Waals surface area (Å²) in [7, 11) is -3.50. The number of aromatic amines is 1. The van der Waals surface area contributed by atoms with Crippen LogP contribution >= 0.6 is 11.3 Å². The third-order valence-electron chi connectivity index (χ3n) is 4.71. The molecule has 0 radical (unpaired) electrons. The van der Waals surface area contributed by atoms with E-state index in [1.54, 1.807) is 41.8 Å². The highest BCUT2D eigenvalue weighted by Gasteiger charge is 2.31. The quantitative estimate of drug-likeness (QED) is 0.737. The number of H-pyrrole nitrogens is 1. The maximum atomic E-state index is 12.7. The Morgan fingerprint density at radius 2 is 1.77 bits per heavy atom. The van der Waals surface area contributed by atoms with Crippen LogP contribution < -0.4 is 11.2 Å². The van der Waals surface area contributed by atoms with E-state index in [2.05, 4.69) is 4.98 Å². The summed E-state index contributed by atoms with van der Waals surface area (Å²) < 4.78 is 28.2. The fourth-order valence-electron chi connectivity index (χ4n) is 3.39. The van der Waals surface area contributed by atoms with Crippen molar-refractivity contribution in [3.63, 3.8) is 0 Å². The van der Waals surface area contributed by atoms with E-state index in [4.69, 9.17) is 0 Å². The number of hydrogen-bond donors (Lipinski definition) is 1. The maximum absolute atomic E-state index is 12.7. The van der Waals surface area contributed by atoms with Crippen molar-refractivity contribution in [2.45, 2.75) is 23.1 Å². The molecule has 0 saturated carbocycles. The van der Waals surface area contributed by atoms with Gasteiger partial charge in [-0.1, -0.05) is 18.2 Å². The first-order valence-electron chi connectivity index (χ1n) is 8.26. The van der Waals surface area contributed by atoms with Gasteiger partial charge >= 0.3 is 5.69 Å². The van der Waals surface area contributed by atoms with Crippen molar-refractivity contribution in [1.82, 2.24) is 13.9 Å². The smallest absolute Gasteiger partial charge is 0.307 e. The summed E-state index contributed by atoms with van der Waals surface area (Å²) in [6, 6.07) is 9.87. The lowest BCUT2D eigenvalue weighted by Crippen LogP contribution is -2.44. The zero-order valence-electron chi connectivity index (χ0n) is 13.8. The van der Waals surface area contributed by atoms with Crippen LogP contribution in [-0.4, -0.2) is 35.4 Å². The van der Waals surface area contributed by atoms with E-state index in [1.165, 1.54) is 20.2 Å². The summed E-state index contributed by atoms with van der Waals surface area (Å²) >= 11 is 1.19. The monoisotopic (exact) mass is 391 g/mol. The van der Waals surface area contributed by atoms with Gasteiger partial charge in [0.1, 0.15) is 4.21 Å². The van der Waals surface area contributed by atoms with Gasteiger partial charge in [0.15, 0.2) is 0 Å². The van der Waals surface area contributed by atoms with Crippen LogP contribution in [0.1, 0.15) is 18.9 Å². The Morgan fingerprint density at radius 1 is 1.04 bits per heavy atom. The normalized spacial score (nSPS) is 16.9. The van der Waals surface area contributed by atoms with E-state index in [0.29, 0.717) is 28.0 Å². The van der Waals surface area contributed by atoms with Crippen LogP contribution in [0.15, 0.2) is 55.6 Å². The summed E-state index contributed by atoms with van der Waals surface area (Å²) in [5.74, 6) is 0. The van der Waals surface area contributed by atoms with Gasteiger partial charge in [-0.25, -0.2) is 13.2 Å². The fourth-order valence-corrected chi connectivity index (χ4v) is 6.00. The van der Waals surface area contributed by atoms with Crippen molar-refractivity contribution >= 4 is 32.3 Å². The number of para-hydroxylation sites is 1. The molecule has 1 N–H and O–H groups in total. The lowest BCUT2D eigenvalue weighted by Gasteiger charge is -2.31. The van der Waals surface area contributed by atoms with Crippen LogP contribution in [0.4, 0.5) is 0 Å². The minimum Gasteiger partial charge on any atom is -0.307 e. The van der Waals surface area contributed by atoms with Crippen molar-refractivity contribution in [2.75, 3.05) is 13.1 Å². The third-order valence-corrected chi connectivity index (χ3v) is 7.99. The van der Waals surface area contributed by atoms with Gasteiger partial charge in [0.05, 0.1) is 10.9 Å². The first-order chi connectivity index (χ1) is 12.5. The predicted octanol–water partition coefficient (Wildman–Crippen LogP) is 1.78. The summed E-state index contributed by atoms with van der Waals surface area (Å²) in [4.78, 5) is 27.9. The van der Waals surface area contributed by atoms with E-state index < -0.39 is 15.7 Å². The molecule has 4 rings (SSSR count). The molecular weight excluding hydrogens is 374 g/mol. The average molecular weight is 391 g/mol. The Labute approximate surface area is 153 Å². The van der Waals surface area contributed by atoms with Crippen molar-refractivity contribution in [2.24, 2.45) is 0 Å². The lowest BCUT2D eigenvalue weighted by atomic mass is 10.1. The third kappa shape index (κ3) is 2.81. The number of aromatic nitrogens is 2. The second-order valence-corrected chi connectivity index (χ2v) is 9.33. The Hall–Kier alpha value is -2.23. The molecule has 1 aliphatic rings. The number of fused-ring (bicyclic) bond motifs is 1. The minimum absolute atomic E-state index is 0.281. The molecule has 7 nitrogen and oxygen atoms in total. The van der Waals surface area contributed by atoms with Crippen molar-refractivity contribution in [3.8, 4) is 0 Å². The molecule has 0 unspecified atom stereocenters. The molecule has 0 atom stereocenters. The number of hydrogen-bond acceptors (Lipinski definition) is 5. The minimum atomic E-state index is -3.50. The van der Waals surface area contributed by atoms with Gasteiger partial charge in [0.25, 0.3) is 15.6 Å². The summed E-state index contributed by atoms with van der Waals surface area (Å²) in [6.07, 6.45) is 0.845. The Morgan fingerprint density at radius 3 is 2.46 bits per heavy atom. The van der Waals surface area contributed by atoms with Gasteiger partial charge in [-0.3, -0.25) is 9.36 Å². The van der Waals surface area contributed by atoms with E-state index in [0.717, 1.165) is 0 Å². The maximum Gasteiger partial charge on any atom is 0.329 e. The molecule has 0 bridgehead atoms. The molecule has 1 fully saturated rings. The van der Waals surface area contributed by atoms with Crippen LogP contribution in [0.2, 0.25) is 0 Å². The van der Waals surface area contributed by atoms with Crippen LogP contribution in [0.5, 0.6) is 0 Å². The van der Waals surface area contributed by atoms with Crippen LogP contribution in [0.25, 0.3) is 10.9 Å². The molecule has 1 aromatic carbocycles. The van der Waals surface area contributed by atoms with Crippen molar-refractivity contribution in [1.29, 1.82) is 0 Å². The Balaban J connectivity index is 1.62. The molecule has 3 heterocycles. The molecule has 1 aliphatic heterocycles. The number of thiophene rings is 1. The first kappa shape index (κ1) is 17.2. The SMILES string of the molecule is O=c1[nH]c2ccccc2c(=O)n1C1CCN(S(=O)(=O)c2cccs2)CC1. The first-order valence-corrected chi connectivity index (χ1v) is 10.6. The number of sulfonamides is 1. The lowest BCUT2D eigenvalue weighted by molar-refractivity contribution is 0.266. The van der Waals surface area contributed by atoms with E-state index in [9.17, 15) is 18.0 Å². The van der Waals surface area contributed by atoms with Gasteiger partial charge in [0.2, 0.25) is 0 Å².